The fourth-order valence-corrected chi connectivity index (χ4v) is 2.35. The molecule has 0 fully saturated rings. The number of hydrogen-bond acceptors (Lipinski definition) is 3. The molecule has 0 bridgehead atoms. The predicted octanol–water partition coefficient (Wildman–Crippen LogP) is 3.28. The van der Waals surface area contributed by atoms with E-state index >= 15 is 0 Å². The number of aryl methyl sites for hydroxylation is 1. The maximum absolute atomic E-state index is 11.7. The standard InChI is InChI=1S/C13H16N2OS/c1-3-4-13(16)11-5-6-15(7-11)8-12-9-17-10(2)14-12/h5-7,9H,3-4,8H2,1-2H3. The Labute approximate surface area is 105 Å². The molecule has 4 heteroatoms. The first kappa shape index (κ1) is 12.0. The summed E-state index contributed by atoms with van der Waals surface area (Å²) in [6, 6.07) is 1.89. The Balaban J connectivity index is 2.06. The molecular formula is C13H16N2OS. The predicted molar refractivity (Wildman–Crippen MR) is 69.6 cm³/mol. The van der Waals surface area contributed by atoms with Crippen LogP contribution in [0.5, 0.6) is 0 Å². The highest BCUT2D eigenvalue weighted by atomic mass is 32.1. The molecular weight excluding hydrogens is 232 g/mol. The molecule has 2 aromatic rings. The van der Waals surface area contributed by atoms with Gasteiger partial charge in [-0.2, -0.15) is 0 Å². The maximum atomic E-state index is 11.7. The second-order valence-corrected chi connectivity index (χ2v) is 5.17. The summed E-state index contributed by atoms with van der Waals surface area (Å²) in [6.45, 7) is 4.76. The largest absolute Gasteiger partial charge is 0.348 e. The SMILES string of the molecule is CCCC(=O)c1ccn(Cc2csc(C)n2)c1. The average molecular weight is 248 g/mol. The highest BCUT2D eigenvalue weighted by molar-refractivity contribution is 7.09. The lowest BCUT2D eigenvalue weighted by atomic mass is 10.1. The van der Waals surface area contributed by atoms with Gasteiger partial charge in [-0.05, 0) is 19.4 Å². The first-order valence-corrected chi connectivity index (χ1v) is 6.67. The summed E-state index contributed by atoms with van der Waals surface area (Å²) in [5.41, 5.74) is 1.86. The summed E-state index contributed by atoms with van der Waals surface area (Å²) in [5.74, 6) is 0.223. The van der Waals surface area contributed by atoms with Crippen molar-refractivity contribution in [2.45, 2.75) is 33.2 Å². The van der Waals surface area contributed by atoms with Gasteiger partial charge in [-0.3, -0.25) is 4.79 Å². The van der Waals surface area contributed by atoms with Crippen LogP contribution in [0, 0.1) is 6.92 Å². The van der Waals surface area contributed by atoms with Crippen LogP contribution in [0.1, 0.15) is 40.8 Å². The van der Waals surface area contributed by atoms with Gasteiger partial charge in [0.2, 0.25) is 0 Å². The molecule has 2 rings (SSSR count). The smallest absolute Gasteiger partial charge is 0.164 e. The minimum atomic E-state index is 0.223. The maximum Gasteiger partial charge on any atom is 0.164 e. The molecule has 0 N–H and O–H groups in total. The molecule has 0 aliphatic rings. The van der Waals surface area contributed by atoms with Crippen LogP contribution in [-0.2, 0) is 6.54 Å². The fraction of sp³-hybridized carbons (Fsp3) is 0.385. The van der Waals surface area contributed by atoms with Crippen LogP contribution in [-0.4, -0.2) is 15.3 Å². The van der Waals surface area contributed by atoms with Crippen molar-refractivity contribution in [3.05, 3.63) is 40.1 Å². The van der Waals surface area contributed by atoms with Crippen LogP contribution < -0.4 is 0 Å². The van der Waals surface area contributed by atoms with E-state index in [4.69, 9.17) is 0 Å². The van der Waals surface area contributed by atoms with Gasteiger partial charge in [0, 0.05) is 29.8 Å². The molecule has 90 valence electrons. The Hall–Kier alpha value is -1.42. The first-order valence-electron chi connectivity index (χ1n) is 5.79. The third kappa shape index (κ3) is 3.03. The van der Waals surface area contributed by atoms with E-state index in [1.807, 2.05) is 36.9 Å². The number of nitrogens with zero attached hydrogens (tertiary/aromatic N) is 2. The third-order valence-corrected chi connectivity index (χ3v) is 3.38. The molecule has 2 aromatic heterocycles. The quantitative estimate of drug-likeness (QED) is 0.761. The molecule has 0 saturated heterocycles. The van der Waals surface area contributed by atoms with Gasteiger partial charge in [0.15, 0.2) is 5.78 Å². The molecule has 0 spiro atoms. The average Bonchev–Trinajstić information content (AvgIpc) is 2.89. The lowest BCUT2D eigenvalue weighted by molar-refractivity contribution is 0.0981. The molecule has 0 atom stereocenters. The van der Waals surface area contributed by atoms with Crippen molar-refractivity contribution in [1.29, 1.82) is 0 Å². The zero-order valence-electron chi connectivity index (χ0n) is 10.1. The Morgan fingerprint density at radius 1 is 1.53 bits per heavy atom. The number of ketones is 1. The van der Waals surface area contributed by atoms with Crippen molar-refractivity contribution in [1.82, 2.24) is 9.55 Å². The van der Waals surface area contributed by atoms with Crippen molar-refractivity contribution in [3.8, 4) is 0 Å². The van der Waals surface area contributed by atoms with Crippen molar-refractivity contribution in [3.63, 3.8) is 0 Å². The van der Waals surface area contributed by atoms with Gasteiger partial charge in [-0.25, -0.2) is 4.98 Å². The van der Waals surface area contributed by atoms with Crippen LogP contribution in [0.3, 0.4) is 0 Å². The lowest BCUT2D eigenvalue weighted by Crippen LogP contribution is -1.99. The number of aromatic nitrogens is 2. The highest BCUT2D eigenvalue weighted by Crippen LogP contribution is 2.12. The monoisotopic (exact) mass is 248 g/mol. The molecule has 0 aromatic carbocycles. The minimum absolute atomic E-state index is 0.223. The van der Waals surface area contributed by atoms with E-state index in [1.165, 1.54) is 0 Å². The Kier molecular flexibility index (Phi) is 3.74. The normalized spacial score (nSPS) is 10.7. The Bertz CT molecular complexity index is 513. The van der Waals surface area contributed by atoms with Gasteiger partial charge in [0.05, 0.1) is 17.2 Å². The number of carbonyl (C=O) groups is 1. The van der Waals surface area contributed by atoms with Gasteiger partial charge in [0.1, 0.15) is 0 Å². The molecule has 0 aliphatic heterocycles. The Morgan fingerprint density at radius 3 is 3.00 bits per heavy atom. The van der Waals surface area contributed by atoms with Crippen molar-refractivity contribution < 1.29 is 4.79 Å². The van der Waals surface area contributed by atoms with Crippen LogP contribution in [0.15, 0.2) is 23.8 Å². The number of carbonyl (C=O) groups excluding carboxylic acids is 1. The number of rotatable bonds is 5. The van der Waals surface area contributed by atoms with Gasteiger partial charge in [0.25, 0.3) is 0 Å². The summed E-state index contributed by atoms with van der Waals surface area (Å²) >= 11 is 1.65. The van der Waals surface area contributed by atoms with E-state index in [-0.39, 0.29) is 5.78 Å². The third-order valence-electron chi connectivity index (χ3n) is 2.56. The molecule has 0 saturated carbocycles. The number of Topliss-reactive ketones (excluding diaryl/α,β-unsaturated/α-hetero) is 1. The van der Waals surface area contributed by atoms with Gasteiger partial charge >= 0.3 is 0 Å². The van der Waals surface area contributed by atoms with E-state index < -0.39 is 0 Å². The topological polar surface area (TPSA) is 34.9 Å². The second-order valence-electron chi connectivity index (χ2n) is 4.10. The second kappa shape index (κ2) is 5.27. The molecule has 0 aliphatic carbocycles. The molecule has 0 unspecified atom stereocenters. The van der Waals surface area contributed by atoms with Gasteiger partial charge in [-0.1, -0.05) is 6.92 Å². The lowest BCUT2D eigenvalue weighted by Gasteiger charge is -1.98. The first-order chi connectivity index (χ1) is 8.19. The van der Waals surface area contributed by atoms with E-state index in [2.05, 4.69) is 10.4 Å². The molecule has 2 heterocycles. The van der Waals surface area contributed by atoms with Crippen LogP contribution >= 0.6 is 11.3 Å². The molecule has 3 nitrogen and oxygen atoms in total. The van der Waals surface area contributed by atoms with Crippen LogP contribution in [0.25, 0.3) is 0 Å². The zero-order valence-corrected chi connectivity index (χ0v) is 11.0. The van der Waals surface area contributed by atoms with Crippen LogP contribution in [0.4, 0.5) is 0 Å². The van der Waals surface area contributed by atoms with Crippen LogP contribution in [0.2, 0.25) is 0 Å². The summed E-state index contributed by atoms with van der Waals surface area (Å²) in [7, 11) is 0. The molecule has 0 amide bonds. The molecule has 17 heavy (non-hydrogen) atoms. The van der Waals surface area contributed by atoms with Crippen molar-refractivity contribution >= 4 is 17.1 Å². The number of hydrogen-bond donors (Lipinski definition) is 0. The fourth-order valence-electron chi connectivity index (χ4n) is 1.74. The summed E-state index contributed by atoms with van der Waals surface area (Å²) in [5, 5.41) is 3.14. The molecule has 0 radical (unpaired) electrons. The Morgan fingerprint density at radius 2 is 2.35 bits per heavy atom. The van der Waals surface area contributed by atoms with Crippen molar-refractivity contribution in [2.75, 3.05) is 0 Å². The van der Waals surface area contributed by atoms with Crippen molar-refractivity contribution in [2.24, 2.45) is 0 Å². The number of thiazole rings is 1. The minimum Gasteiger partial charge on any atom is -0.348 e. The van der Waals surface area contributed by atoms with E-state index in [9.17, 15) is 4.79 Å². The van der Waals surface area contributed by atoms with E-state index in [0.29, 0.717) is 6.42 Å². The van der Waals surface area contributed by atoms with E-state index in [0.717, 1.165) is 29.2 Å². The van der Waals surface area contributed by atoms with Gasteiger partial charge in [-0.15, -0.1) is 11.3 Å². The summed E-state index contributed by atoms with van der Waals surface area (Å²) < 4.78 is 2.01. The van der Waals surface area contributed by atoms with E-state index in [1.54, 1.807) is 11.3 Å². The summed E-state index contributed by atoms with van der Waals surface area (Å²) in [6.07, 6.45) is 5.37. The zero-order chi connectivity index (χ0) is 12.3. The van der Waals surface area contributed by atoms with Gasteiger partial charge < -0.3 is 4.57 Å². The highest BCUT2D eigenvalue weighted by Gasteiger charge is 2.07. The summed E-state index contributed by atoms with van der Waals surface area (Å²) in [4.78, 5) is 16.1.